The first kappa shape index (κ1) is 12.3. The number of nitrogens with two attached hydrogens (primary N) is 1. The Morgan fingerprint density at radius 1 is 0.950 bits per heavy atom. The first-order valence-corrected chi connectivity index (χ1v) is 5.85. The molecule has 0 aliphatic carbocycles. The fourth-order valence-electron chi connectivity index (χ4n) is 1.94. The van der Waals surface area contributed by atoms with E-state index in [2.05, 4.69) is 15.3 Å². The molecular weight excluding hydrogens is 262 g/mol. The fourth-order valence-corrected chi connectivity index (χ4v) is 1.94. The Balaban J connectivity index is 2.08. The molecule has 4 nitrogen and oxygen atoms in total. The van der Waals surface area contributed by atoms with Gasteiger partial charge in [0.15, 0.2) is 0 Å². The van der Waals surface area contributed by atoms with Crippen molar-refractivity contribution in [3.63, 3.8) is 0 Å². The van der Waals surface area contributed by atoms with Gasteiger partial charge in [-0.15, -0.1) is 0 Å². The number of rotatable bonds is 2. The molecule has 0 unspecified atom stereocenters. The van der Waals surface area contributed by atoms with Gasteiger partial charge < -0.3 is 11.1 Å². The van der Waals surface area contributed by atoms with Gasteiger partial charge in [-0.3, -0.25) is 0 Å². The topological polar surface area (TPSA) is 63.8 Å². The van der Waals surface area contributed by atoms with Crippen LogP contribution in [0.4, 0.5) is 26.0 Å². The summed E-state index contributed by atoms with van der Waals surface area (Å²) in [6, 6.07) is 8.35. The molecule has 20 heavy (non-hydrogen) atoms. The normalized spacial score (nSPS) is 10.7. The van der Waals surface area contributed by atoms with Crippen molar-refractivity contribution in [2.24, 2.45) is 0 Å². The minimum Gasteiger partial charge on any atom is -0.399 e. The summed E-state index contributed by atoms with van der Waals surface area (Å²) in [7, 11) is 0. The SMILES string of the molecule is Nc1ccc2ncnc(Nc3cc(F)cc(F)c3)c2c1. The van der Waals surface area contributed by atoms with Gasteiger partial charge in [0.2, 0.25) is 0 Å². The van der Waals surface area contributed by atoms with Gasteiger partial charge in [-0.25, -0.2) is 18.7 Å². The predicted octanol–water partition coefficient (Wildman–Crippen LogP) is 3.23. The molecule has 6 heteroatoms. The van der Waals surface area contributed by atoms with Crippen LogP contribution >= 0.6 is 0 Å². The molecule has 2 aromatic carbocycles. The van der Waals surface area contributed by atoms with Crippen LogP contribution in [0.3, 0.4) is 0 Å². The summed E-state index contributed by atoms with van der Waals surface area (Å²) in [5, 5.41) is 3.55. The van der Waals surface area contributed by atoms with Gasteiger partial charge in [0.1, 0.15) is 23.8 Å². The molecule has 0 fully saturated rings. The lowest BCUT2D eigenvalue weighted by Gasteiger charge is -2.09. The first-order chi connectivity index (χ1) is 9.61. The van der Waals surface area contributed by atoms with E-state index in [1.165, 1.54) is 18.5 Å². The van der Waals surface area contributed by atoms with E-state index in [1.54, 1.807) is 18.2 Å². The molecule has 1 heterocycles. The van der Waals surface area contributed by atoms with Gasteiger partial charge >= 0.3 is 0 Å². The quantitative estimate of drug-likeness (QED) is 0.703. The number of hydrogen-bond acceptors (Lipinski definition) is 4. The summed E-state index contributed by atoms with van der Waals surface area (Å²) >= 11 is 0. The van der Waals surface area contributed by atoms with Crippen molar-refractivity contribution in [2.45, 2.75) is 0 Å². The second-order valence-corrected chi connectivity index (χ2v) is 4.28. The van der Waals surface area contributed by atoms with E-state index in [9.17, 15) is 8.78 Å². The summed E-state index contributed by atoms with van der Waals surface area (Å²) in [5.41, 5.74) is 7.24. The smallest absolute Gasteiger partial charge is 0.141 e. The molecule has 0 saturated carbocycles. The predicted molar refractivity (Wildman–Crippen MR) is 73.6 cm³/mol. The molecule has 0 atom stereocenters. The first-order valence-electron chi connectivity index (χ1n) is 5.85. The number of fused-ring (bicyclic) bond motifs is 1. The summed E-state index contributed by atoms with van der Waals surface area (Å²) < 4.78 is 26.4. The number of halogens is 2. The van der Waals surface area contributed by atoms with E-state index in [-0.39, 0.29) is 5.69 Å². The van der Waals surface area contributed by atoms with Crippen molar-refractivity contribution < 1.29 is 8.78 Å². The third kappa shape index (κ3) is 2.35. The van der Waals surface area contributed by atoms with Gasteiger partial charge in [-0.2, -0.15) is 0 Å². The monoisotopic (exact) mass is 272 g/mol. The van der Waals surface area contributed by atoms with E-state index < -0.39 is 11.6 Å². The zero-order valence-electron chi connectivity index (χ0n) is 10.3. The third-order valence-electron chi connectivity index (χ3n) is 2.78. The van der Waals surface area contributed by atoms with Crippen LogP contribution in [0.2, 0.25) is 0 Å². The molecule has 3 rings (SSSR count). The van der Waals surface area contributed by atoms with Crippen molar-refractivity contribution in [1.29, 1.82) is 0 Å². The molecule has 0 amide bonds. The van der Waals surface area contributed by atoms with Crippen LogP contribution in [0.5, 0.6) is 0 Å². The lowest BCUT2D eigenvalue weighted by Crippen LogP contribution is -1.98. The van der Waals surface area contributed by atoms with Gasteiger partial charge in [-0.1, -0.05) is 0 Å². The lowest BCUT2D eigenvalue weighted by molar-refractivity contribution is 0.584. The van der Waals surface area contributed by atoms with Crippen LogP contribution in [0.1, 0.15) is 0 Å². The van der Waals surface area contributed by atoms with E-state index in [0.29, 0.717) is 22.4 Å². The highest BCUT2D eigenvalue weighted by molar-refractivity contribution is 5.92. The fraction of sp³-hybridized carbons (Fsp3) is 0. The largest absolute Gasteiger partial charge is 0.399 e. The van der Waals surface area contributed by atoms with Gasteiger partial charge in [0.25, 0.3) is 0 Å². The maximum atomic E-state index is 13.2. The second-order valence-electron chi connectivity index (χ2n) is 4.28. The van der Waals surface area contributed by atoms with Crippen LogP contribution in [0, 0.1) is 11.6 Å². The molecule has 0 radical (unpaired) electrons. The molecule has 0 bridgehead atoms. The number of nitrogens with one attached hydrogen (secondary N) is 1. The Morgan fingerprint density at radius 3 is 2.45 bits per heavy atom. The zero-order chi connectivity index (χ0) is 14.1. The number of hydrogen-bond donors (Lipinski definition) is 2. The third-order valence-corrected chi connectivity index (χ3v) is 2.78. The molecule has 3 N–H and O–H groups in total. The summed E-state index contributed by atoms with van der Waals surface area (Å²) in [6.45, 7) is 0. The Hall–Kier alpha value is -2.76. The number of benzene rings is 2. The minimum absolute atomic E-state index is 0.268. The molecule has 0 saturated heterocycles. The van der Waals surface area contributed by atoms with Crippen molar-refractivity contribution in [2.75, 3.05) is 11.1 Å². The van der Waals surface area contributed by atoms with Gasteiger partial charge in [0.05, 0.1) is 5.52 Å². The Bertz CT molecular complexity index is 769. The molecule has 0 aliphatic heterocycles. The van der Waals surface area contributed by atoms with Crippen LogP contribution in [0.15, 0.2) is 42.7 Å². The van der Waals surface area contributed by atoms with Crippen LogP contribution < -0.4 is 11.1 Å². The van der Waals surface area contributed by atoms with Crippen LogP contribution in [-0.4, -0.2) is 9.97 Å². The average Bonchev–Trinajstić information content (AvgIpc) is 2.38. The number of nitrogen functional groups attached to an aromatic ring is 1. The molecular formula is C14H10F2N4. The maximum absolute atomic E-state index is 13.2. The van der Waals surface area contributed by atoms with Crippen LogP contribution in [0.25, 0.3) is 10.9 Å². The summed E-state index contributed by atoms with van der Waals surface area (Å²) in [4.78, 5) is 8.18. The summed E-state index contributed by atoms with van der Waals surface area (Å²) in [6.07, 6.45) is 1.37. The standard InChI is InChI=1S/C14H10F2N4/c15-8-3-9(16)5-11(4-8)20-14-12-6-10(17)1-2-13(12)18-7-19-14/h1-7H,17H2,(H,18,19,20). The second kappa shape index (κ2) is 4.73. The maximum Gasteiger partial charge on any atom is 0.141 e. The van der Waals surface area contributed by atoms with Crippen LogP contribution in [-0.2, 0) is 0 Å². The van der Waals surface area contributed by atoms with Crippen molar-refractivity contribution in [1.82, 2.24) is 9.97 Å². The molecule has 1 aromatic heterocycles. The zero-order valence-corrected chi connectivity index (χ0v) is 10.3. The average molecular weight is 272 g/mol. The van der Waals surface area contributed by atoms with E-state index in [4.69, 9.17) is 5.73 Å². The molecule has 100 valence electrons. The van der Waals surface area contributed by atoms with E-state index >= 15 is 0 Å². The molecule has 0 aliphatic rings. The van der Waals surface area contributed by atoms with Gasteiger partial charge in [-0.05, 0) is 30.3 Å². The van der Waals surface area contributed by atoms with E-state index in [0.717, 1.165) is 6.07 Å². The number of aromatic nitrogens is 2. The van der Waals surface area contributed by atoms with Crippen molar-refractivity contribution >= 4 is 28.1 Å². The number of nitrogens with zero attached hydrogens (tertiary/aromatic N) is 2. The Morgan fingerprint density at radius 2 is 1.70 bits per heavy atom. The highest BCUT2D eigenvalue weighted by Gasteiger charge is 2.06. The Kier molecular flexibility index (Phi) is 2.90. The lowest BCUT2D eigenvalue weighted by atomic mass is 10.2. The highest BCUT2D eigenvalue weighted by atomic mass is 19.1. The Labute approximate surface area is 113 Å². The highest BCUT2D eigenvalue weighted by Crippen LogP contribution is 2.25. The van der Waals surface area contributed by atoms with Crippen molar-refractivity contribution in [3.8, 4) is 0 Å². The summed E-state index contributed by atoms with van der Waals surface area (Å²) in [5.74, 6) is -0.886. The minimum atomic E-state index is -0.662. The van der Waals surface area contributed by atoms with E-state index in [1.807, 2.05) is 0 Å². The van der Waals surface area contributed by atoms with Gasteiger partial charge in [0, 0.05) is 22.8 Å². The molecule has 0 spiro atoms. The number of anilines is 3. The molecule has 3 aromatic rings. The van der Waals surface area contributed by atoms with Crippen molar-refractivity contribution in [3.05, 3.63) is 54.4 Å².